The van der Waals surface area contributed by atoms with Gasteiger partial charge in [-0.05, 0) is 24.6 Å². The molecule has 1 aromatic carbocycles. The van der Waals surface area contributed by atoms with Crippen LogP contribution >= 0.6 is 0 Å². The van der Waals surface area contributed by atoms with Gasteiger partial charge >= 0.3 is 0 Å². The molecule has 0 aliphatic carbocycles. The Hall–Kier alpha value is -2.12. The van der Waals surface area contributed by atoms with Crippen molar-refractivity contribution in [1.82, 2.24) is 15.1 Å². The predicted molar refractivity (Wildman–Crippen MR) is 74.3 cm³/mol. The third-order valence-corrected chi connectivity index (χ3v) is 3.09. The molecule has 4 nitrogen and oxygen atoms in total. The van der Waals surface area contributed by atoms with Gasteiger partial charge in [-0.2, -0.15) is 10.4 Å². The molecule has 2 aromatic rings. The van der Waals surface area contributed by atoms with Gasteiger partial charge in [0, 0.05) is 12.4 Å². The molecule has 19 heavy (non-hydrogen) atoms. The van der Waals surface area contributed by atoms with Crippen molar-refractivity contribution in [3.05, 3.63) is 54.4 Å². The van der Waals surface area contributed by atoms with Crippen molar-refractivity contribution in [2.75, 3.05) is 6.54 Å². The van der Waals surface area contributed by atoms with E-state index in [1.54, 1.807) is 10.9 Å². The van der Waals surface area contributed by atoms with Crippen LogP contribution in [0.15, 0.2) is 48.8 Å². The van der Waals surface area contributed by atoms with Crippen LogP contribution in [0.2, 0.25) is 0 Å². The van der Waals surface area contributed by atoms with E-state index in [0.29, 0.717) is 6.54 Å². The number of rotatable bonds is 6. The minimum absolute atomic E-state index is 0.501. The van der Waals surface area contributed by atoms with Crippen LogP contribution in [0.1, 0.15) is 18.9 Å². The Morgan fingerprint density at radius 2 is 2.11 bits per heavy atom. The van der Waals surface area contributed by atoms with E-state index in [4.69, 9.17) is 0 Å². The van der Waals surface area contributed by atoms with E-state index >= 15 is 0 Å². The van der Waals surface area contributed by atoms with Crippen molar-refractivity contribution in [3.8, 4) is 6.07 Å². The van der Waals surface area contributed by atoms with Crippen molar-refractivity contribution >= 4 is 0 Å². The van der Waals surface area contributed by atoms with Crippen LogP contribution in [0, 0.1) is 11.3 Å². The summed E-state index contributed by atoms with van der Waals surface area (Å²) in [5, 5.41) is 17.3. The fourth-order valence-electron chi connectivity index (χ4n) is 2.09. The minimum Gasteiger partial charge on any atom is -0.294 e. The molecule has 1 N–H and O–H groups in total. The lowest BCUT2D eigenvalue weighted by Gasteiger charge is -2.28. The van der Waals surface area contributed by atoms with Gasteiger partial charge in [0.2, 0.25) is 0 Å². The first-order valence-corrected chi connectivity index (χ1v) is 6.50. The Morgan fingerprint density at radius 3 is 2.68 bits per heavy atom. The first-order valence-electron chi connectivity index (χ1n) is 6.50. The van der Waals surface area contributed by atoms with Gasteiger partial charge in [-0.3, -0.25) is 10.00 Å². The lowest BCUT2D eigenvalue weighted by Crippen LogP contribution is -2.45. The number of nitriles is 1. The summed E-state index contributed by atoms with van der Waals surface area (Å²) < 4.78 is 1.79. The Morgan fingerprint density at radius 1 is 1.32 bits per heavy atom. The summed E-state index contributed by atoms with van der Waals surface area (Å²) in [5.74, 6) is 0. The SMILES string of the molecule is CCCNC(C#N)(Cn1cccn1)c1ccccc1. The second kappa shape index (κ2) is 6.17. The van der Waals surface area contributed by atoms with Crippen LogP contribution in [-0.4, -0.2) is 16.3 Å². The standard InChI is InChI=1S/C15H18N4/c1-2-9-17-15(12-16,13-19-11-6-10-18-19)14-7-4-3-5-8-14/h3-8,10-11,17H,2,9,13H2,1H3. The molecule has 0 aliphatic heterocycles. The summed E-state index contributed by atoms with van der Waals surface area (Å²) in [6, 6.07) is 14.1. The van der Waals surface area contributed by atoms with Crippen LogP contribution in [0.4, 0.5) is 0 Å². The molecule has 98 valence electrons. The molecule has 0 saturated carbocycles. The second-order valence-electron chi connectivity index (χ2n) is 4.51. The second-order valence-corrected chi connectivity index (χ2v) is 4.51. The van der Waals surface area contributed by atoms with Gasteiger partial charge < -0.3 is 0 Å². The van der Waals surface area contributed by atoms with Gasteiger partial charge in [0.15, 0.2) is 5.54 Å². The molecule has 1 unspecified atom stereocenters. The summed E-state index contributed by atoms with van der Waals surface area (Å²) >= 11 is 0. The van der Waals surface area contributed by atoms with Crippen molar-refractivity contribution in [1.29, 1.82) is 5.26 Å². The Labute approximate surface area is 113 Å². The van der Waals surface area contributed by atoms with Gasteiger partial charge in [-0.25, -0.2) is 0 Å². The maximum atomic E-state index is 9.70. The smallest absolute Gasteiger partial charge is 0.152 e. The number of hydrogen-bond acceptors (Lipinski definition) is 3. The number of nitrogens with zero attached hydrogens (tertiary/aromatic N) is 3. The maximum Gasteiger partial charge on any atom is 0.152 e. The highest BCUT2D eigenvalue weighted by atomic mass is 15.3. The highest BCUT2D eigenvalue weighted by molar-refractivity contribution is 5.31. The van der Waals surface area contributed by atoms with Crippen molar-refractivity contribution < 1.29 is 0 Å². The molecule has 1 aromatic heterocycles. The molecule has 0 radical (unpaired) electrons. The average Bonchev–Trinajstić information content (AvgIpc) is 2.97. The van der Waals surface area contributed by atoms with E-state index in [1.807, 2.05) is 42.6 Å². The maximum absolute atomic E-state index is 9.70. The summed E-state index contributed by atoms with van der Waals surface area (Å²) in [6.45, 7) is 3.39. The summed E-state index contributed by atoms with van der Waals surface area (Å²) in [6.07, 6.45) is 4.59. The van der Waals surface area contributed by atoms with E-state index in [1.165, 1.54) is 0 Å². The normalized spacial score (nSPS) is 13.7. The molecule has 2 rings (SSSR count). The van der Waals surface area contributed by atoms with E-state index in [2.05, 4.69) is 23.4 Å². The topological polar surface area (TPSA) is 53.6 Å². The van der Waals surface area contributed by atoms with Crippen molar-refractivity contribution in [2.24, 2.45) is 0 Å². The summed E-state index contributed by atoms with van der Waals surface area (Å²) in [5.41, 5.74) is 0.241. The molecule has 0 saturated heterocycles. The zero-order valence-electron chi connectivity index (χ0n) is 11.1. The van der Waals surface area contributed by atoms with Gasteiger partial charge in [-0.15, -0.1) is 0 Å². The average molecular weight is 254 g/mol. The number of hydrogen-bond donors (Lipinski definition) is 1. The van der Waals surface area contributed by atoms with Crippen LogP contribution in [0.25, 0.3) is 0 Å². The molecule has 0 bridgehead atoms. The summed E-state index contributed by atoms with van der Waals surface area (Å²) in [4.78, 5) is 0. The predicted octanol–water partition coefficient (Wildman–Crippen LogP) is 2.30. The summed E-state index contributed by atoms with van der Waals surface area (Å²) in [7, 11) is 0. The molecule has 0 amide bonds. The lowest BCUT2D eigenvalue weighted by molar-refractivity contribution is 0.352. The highest BCUT2D eigenvalue weighted by Gasteiger charge is 2.32. The quantitative estimate of drug-likeness (QED) is 0.860. The van der Waals surface area contributed by atoms with Gasteiger partial charge in [0.1, 0.15) is 0 Å². The molecule has 1 heterocycles. The van der Waals surface area contributed by atoms with Crippen LogP contribution in [0.3, 0.4) is 0 Å². The number of aromatic nitrogens is 2. The lowest BCUT2D eigenvalue weighted by atomic mass is 9.91. The van der Waals surface area contributed by atoms with E-state index in [0.717, 1.165) is 18.5 Å². The Kier molecular flexibility index (Phi) is 4.32. The zero-order chi connectivity index (χ0) is 13.6. The molecule has 1 atom stereocenters. The van der Waals surface area contributed by atoms with E-state index < -0.39 is 5.54 Å². The third-order valence-electron chi connectivity index (χ3n) is 3.09. The van der Waals surface area contributed by atoms with E-state index in [-0.39, 0.29) is 0 Å². The fraction of sp³-hybridized carbons (Fsp3) is 0.333. The van der Waals surface area contributed by atoms with Crippen LogP contribution in [-0.2, 0) is 12.1 Å². The number of nitrogens with one attached hydrogen (secondary N) is 1. The fourth-order valence-corrected chi connectivity index (χ4v) is 2.09. The molecule has 0 fully saturated rings. The molecule has 4 heteroatoms. The van der Waals surface area contributed by atoms with Crippen molar-refractivity contribution in [3.63, 3.8) is 0 Å². The molecule has 0 spiro atoms. The molecular weight excluding hydrogens is 236 g/mol. The van der Waals surface area contributed by atoms with Crippen molar-refractivity contribution in [2.45, 2.75) is 25.4 Å². The third kappa shape index (κ3) is 3.01. The van der Waals surface area contributed by atoms with Gasteiger partial charge in [0.05, 0.1) is 12.6 Å². The molecular formula is C15H18N4. The zero-order valence-corrected chi connectivity index (χ0v) is 11.1. The molecule has 0 aliphatic rings. The minimum atomic E-state index is -0.733. The Bertz CT molecular complexity index is 527. The van der Waals surface area contributed by atoms with Gasteiger partial charge in [0.25, 0.3) is 0 Å². The van der Waals surface area contributed by atoms with E-state index in [9.17, 15) is 5.26 Å². The Balaban J connectivity index is 2.34. The first-order chi connectivity index (χ1) is 9.30. The highest BCUT2D eigenvalue weighted by Crippen LogP contribution is 2.22. The monoisotopic (exact) mass is 254 g/mol. The largest absolute Gasteiger partial charge is 0.294 e. The first kappa shape index (κ1) is 13.3. The van der Waals surface area contributed by atoms with Crippen LogP contribution in [0.5, 0.6) is 0 Å². The number of benzene rings is 1. The van der Waals surface area contributed by atoms with Gasteiger partial charge in [-0.1, -0.05) is 37.3 Å². The van der Waals surface area contributed by atoms with Crippen LogP contribution < -0.4 is 5.32 Å².